The number of hydrogen-bond donors (Lipinski definition) is 1. The average molecular weight is 224 g/mol. The molecule has 0 aromatic carbocycles. The van der Waals surface area contributed by atoms with Crippen LogP contribution >= 0.6 is 0 Å². The molecule has 2 N–H and O–H groups in total. The normalized spacial score (nSPS) is 10.2. The lowest BCUT2D eigenvalue weighted by atomic mass is 10.3. The Labute approximate surface area is 94.4 Å². The minimum atomic E-state index is -0.334. The molecule has 1 rings (SSSR count). The van der Waals surface area contributed by atoms with Crippen LogP contribution in [-0.4, -0.2) is 35.6 Å². The number of hydrogen-bond acceptors (Lipinski definition) is 6. The van der Waals surface area contributed by atoms with Crippen LogP contribution in [0.15, 0.2) is 12.3 Å². The number of ether oxygens (including phenoxy) is 1. The molecule has 0 saturated heterocycles. The molecular formula is C10H16N4O2. The molecule has 1 heterocycles. The average Bonchev–Trinajstić information content (AvgIpc) is 2.25. The summed E-state index contributed by atoms with van der Waals surface area (Å²) in [6, 6.07) is 1.68. The van der Waals surface area contributed by atoms with Crippen molar-refractivity contribution in [3.8, 4) is 0 Å². The number of aromatic nitrogens is 2. The molecule has 0 aliphatic heterocycles. The molecule has 88 valence electrons. The summed E-state index contributed by atoms with van der Waals surface area (Å²) in [6.45, 7) is 3.99. The summed E-state index contributed by atoms with van der Waals surface area (Å²) in [4.78, 5) is 21.1. The van der Waals surface area contributed by atoms with Crippen LogP contribution in [0.25, 0.3) is 0 Å². The number of anilines is 2. The van der Waals surface area contributed by atoms with Crippen LogP contribution in [0, 0.1) is 0 Å². The van der Waals surface area contributed by atoms with Crippen molar-refractivity contribution >= 4 is 17.7 Å². The van der Waals surface area contributed by atoms with Crippen LogP contribution < -0.4 is 10.6 Å². The van der Waals surface area contributed by atoms with E-state index in [1.54, 1.807) is 17.2 Å². The predicted molar refractivity (Wildman–Crippen MR) is 60.9 cm³/mol. The third kappa shape index (κ3) is 3.08. The molecule has 0 bridgehead atoms. The Balaban J connectivity index is 2.89. The van der Waals surface area contributed by atoms with E-state index >= 15 is 0 Å². The highest BCUT2D eigenvalue weighted by Gasteiger charge is 2.17. The first-order valence-electron chi connectivity index (χ1n) is 4.96. The van der Waals surface area contributed by atoms with E-state index in [4.69, 9.17) is 5.73 Å². The molecule has 0 saturated carbocycles. The molecule has 0 aliphatic carbocycles. The van der Waals surface area contributed by atoms with E-state index in [0.29, 0.717) is 11.8 Å². The van der Waals surface area contributed by atoms with Crippen molar-refractivity contribution in [2.24, 2.45) is 0 Å². The van der Waals surface area contributed by atoms with Gasteiger partial charge >= 0.3 is 5.97 Å². The van der Waals surface area contributed by atoms with Gasteiger partial charge in [0.25, 0.3) is 0 Å². The Morgan fingerprint density at radius 2 is 2.31 bits per heavy atom. The summed E-state index contributed by atoms with van der Waals surface area (Å²) >= 11 is 0. The second kappa shape index (κ2) is 5.29. The summed E-state index contributed by atoms with van der Waals surface area (Å²) in [7, 11) is 1.35. The van der Waals surface area contributed by atoms with Gasteiger partial charge in [0.15, 0.2) is 0 Å². The quantitative estimate of drug-likeness (QED) is 0.748. The fourth-order valence-corrected chi connectivity index (χ4v) is 1.19. The van der Waals surface area contributed by atoms with Crippen LogP contribution in [0.5, 0.6) is 0 Å². The van der Waals surface area contributed by atoms with E-state index in [0.717, 1.165) is 0 Å². The highest BCUT2D eigenvalue weighted by Crippen LogP contribution is 2.11. The van der Waals surface area contributed by atoms with E-state index in [2.05, 4.69) is 14.7 Å². The third-order valence-corrected chi connectivity index (χ3v) is 2.07. The molecule has 1 aromatic heterocycles. The van der Waals surface area contributed by atoms with Crippen molar-refractivity contribution in [3.63, 3.8) is 0 Å². The Bertz CT molecular complexity index is 368. The van der Waals surface area contributed by atoms with E-state index in [1.165, 1.54) is 7.11 Å². The van der Waals surface area contributed by atoms with Crippen LogP contribution in [0.3, 0.4) is 0 Å². The molecule has 1 aromatic rings. The van der Waals surface area contributed by atoms with Crippen molar-refractivity contribution in [2.45, 2.75) is 19.9 Å². The summed E-state index contributed by atoms with van der Waals surface area (Å²) in [5, 5.41) is 0. The Hall–Kier alpha value is -1.85. The van der Waals surface area contributed by atoms with Gasteiger partial charge in [-0.05, 0) is 19.9 Å². The first-order valence-corrected chi connectivity index (χ1v) is 4.96. The number of esters is 1. The lowest BCUT2D eigenvalue weighted by molar-refractivity contribution is -0.139. The first-order chi connectivity index (χ1) is 7.54. The number of rotatable bonds is 4. The third-order valence-electron chi connectivity index (χ3n) is 2.07. The van der Waals surface area contributed by atoms with Crippen molar-refractivity contribution in [3.05, 3.63) is 12.3 Å². The number of carbonyl (C=O) groups is 1. The van der Waals surface area contributed by atoms with Gasteiger partial charge in [0, 0.05) is 12.2 Å². The number of nitrogens with zero attached hydrogens (tertiary/aromatic N) is 3. The Kier molecular flexibility index (Phi) is 4.04. The van der Waals surface area contributed by atoms with Gasteiger partial charge in [-0.1, -0.05) is 0 Å². The topological polar surface area (TPSA) is 81.3 Å². The van der Waals surface area contributed by atoms with Gasteiger partial charge in [-0.25, -0.2) is 4.98 Å². The minimum absolute atomic E-state index is 0.0842. The maximum absolute atomic E-state index is 11.2. The Morgan fingerprint density at radius 1 is 1.62 bits per heavy atom. The molecule has 6 heteroatoms. The summed E-state index contributed by atoms with van der Waals surface area (Å²) < 4.78 is 4.62. The second-order valence-electron chi connectivity index (χ2n) is 3.58. The van der Waals surface area contributed by atoms with E-state index in [-0.39, 0.29) is 18.6 Å². The fourth-order valence-electron chi connectivity index (χ4n) is 1.19. The molecule has 0 spiro atoms. The highest BCUT2D eigenvalue weighted by molar-refractivity contribution is 5.75. The molecular weight excluding hydrogens is 208 g/mol. The lowest BCUT2D eigenvalue weighted by Crippen LogP contribution is -2.37. The van der Waals surface area contributed by atoms with Gasteiger partial charge in [-0.3, -0.25) is 4.79 Å². The fraction of sp³-hybridized carbons (Fsp3) is 0.500. The number of nitrogens with two attached hydrogens (primary N) is 1. The molecule has 0 fully saturated rings. The van der Waals surface area contributed by atoms with Crippen LogP contribution in [0.1, 0.15) is 13.8 Å². The van der Waals surface area contributed by atoms with Crippen molar-refractivity contribution in [1.29, 1.82) is 0 Å². The number of carbonyl (C=O) groups excluding carboxylic acids is 1. The van der Waals surface area contributed by atoms with E-state index in [9.17, 15) is 4.79 Å². The van der Waals surface area contributed by atoms with Crippen molar-refractivity contribution < 1.29 is 9.53 Å². The van der Waals surface area contributed by atoms with Crippen LogP contribution in [0.4, 0.5) is 11.8 Å². The lowest BCUT2D eigenvalue weighted by Gasteiger charge is -2.25. The van der Waals surface area contributed by atoms with E-state index in [1.807, 2.05) is 13.8 Å². The van der Waals surface area contributed by atoms with Gasteiger partial charge in [0.2, 0.25) is 5.95 Å². The zero-order chi connectivity index (χ0) is 12.1. The predicted octanol–water partition coefficient (Wildman–Crippen LogP) is 0.447. The maximum Gasteiger partial charge on any atom is 0.325 e. The SMILES string of the molecule is COC(=O)CN(c1nccc(N)n1)C(C)C. The molecule has 0 unspecified atom stereocenters. The van der Waals surface area contributed by atoms with Crippen molar-refractivity contribution in [2.75, 3.05) is 24.3 Å². The molecule has 0 aliphatic rings. The minimum Gasteiger partial charge on any atom is -0.468 e. The highest BCUT2D eigenvalue weighted by atomic mass is 16.5. The van der Waals surface area contributed by atoms with Crippen LogP contribution in [-0.2, 0) is 9.53 Å². The maximum atomic E-state index is 11.2. The largest absolute Gasteiger partial charge is 0.468 e. The molecule has 0 radical (unpaired) electrons. The standard InChI is InChI=1S/C10H16N4O2/c1-7(2)14(6-9(15)16-3)10-12-5-4-8(11)13-10/h4-5,7H,6H2,1-3H3,(H2,11,12,13). The molecule has 0 atom stereocenters. The molecule has 16 heavy (non-hydrogen) atoms. The van der Waals surface area contributed by atoms with Crippen molar-refractivity contribution in [1.82, 2.24) is 9.97 Å². The monoisotopic (exact) mass is 224 g/mol. The van der Waals surface area contributed by atoms with Gasteiger partial charge < -0.3 is 15.4 Å². The zero-order valence-electron chi connectivity index (χ0n) is 9.67. The van der Waals surface area contributed by atoms with Gasteiger partial charge in [0.05, 0.1) is 7.11 Å². The second-order valence-corrected chi connectivity index (χ2v) is 3.58. The van der Waals surface area contributed by atoms with Crippen LogP contribution in [0.2, 0.25) is 0 Å². The molecule has 0 amide bonds. The molecule has 6 nitrogen and oxygen atoms in total. The van der Waals surface area contributed by atoms with Gasteiger partial charge in [-0.2, -0.15) is 4.98 Å². The van der Waals surface area contributed by atoms with Gasteiger partial charge in [-0.15, -0.1) is 0 Å². The van der Waals surface area contributed by atoms with Gasteiger partial charge in [0.1, 0.15) is 12.4 Å². The summed E-state index contributed by atoms with van der Waals surface area (Å²) in [6.07, 6.45) is 1.56. The number of nitrogen functional groups attached to an aromatic ring is 1. The first kappa shape index (κ1) is 12.2. The zero-order valence-corrected chi connectivity index (χ0v) is 9.67. The summed E-state index contributed by atoms with van der Waals surface area (Å²) in [5.74, 6) is 0.473. The smallest absolute Gasteiger partial charge is 0.325 e. The summed E-state index contributed by atoms with van der Waals surface area (Å²) in [5.41, 5.74) is 5.57. The van der Waals surface area contributed by atoms with E-state index < -0.39 is 0 Å². The number of methoxy groups -OCH3 is 1. The Morgan fingerprint density at radius 3 is 2.81 bits per heavy atom.